The van der Waals surface area contributed by atoms with Gasteiger partial charge in [-0.2, -0.15) is 0 Å². The zero-order valence-corrected chi connectivity index (χ0v) is 4.98. The van der Waals surface area contributed by atoms with E-state index in [0.29, 0.717) is 5.57 Å². The molecule has 0 aromatic rings. The molecule has 3 heteroatoms. The SMILES string of the molecule is [CH2]C1=CS(=O)(=O)C=C1. The van der Waals surface area contributed by atoms with E-state index in [1.165, 1.54) is 6.08 Å². The van der Waals surface area contributed by atoms with E-state index in [9.17, 15) is 8.42 Å². The van der Waals surface area contributed by atoms with E-state index in [1.54, 1.807) is 0 Å². The smallest absolute Gasteiger partial charge is 0.193 e. The summed E-state index contributed by atoms with van der Waals surface area (Å²) >= 11 is 0. The summed E-state index contributed by atoms with van der Waals surface area (Å²) in [5, 5.41) is 2.27. The normalized spacial score (nSPS) is 23.4. The molecule has 0 atom stereocenters. The maximum Gasteiger partial charge on any atom is 0.193 e. The minimum atomic E-state index is -3.00. The van der Waals surface area contributed by atoms with Crippen LogP contribution >= 0.6 is 0 Å². The molecule has 8 heavy (non-hydrogen) atoms. The molecule has 0 aromatic heterocycles. The quantitative estimate of drug-likeness (QED) is 0.481. The summed E-state index contributed by atoms with van der Waals surface area (Å²) in [5.74, 6) is 0. The molecule has 1 aliphatic heterocycles. The summed E-state index contributed by atoms with van der Waals surface area (Å²) in [6, 6.07) is 0. The number of rotatable bonds is 0. The molecule has 2 nitrogen and oxygen atoms in total. The highest BCUT2D eigenvalue weighted by Gasteiger charge is 2.05. The zero-order valence-electron chi connectivity index (χ0n) is 4.16. The van der Waals surface area contributed by atoms with E-state index in [1.807, 2.05) is 0 Å². The van der Waals surface area contributed by atoms with Gasteiger partial charge >= 0.3 is 0 Å². The fourth-order valence-electron chi connectivity index (χ4n) is 0.472. The van der Waals surface area contributed by atoms with Crippen LogP contribution in [0.5, 0.6) is 0 Å². The molecular formula is C5H5O2S. The van der Waals surface area contributed by atoms with Crippen LogP contribution in [-0.2, 0) is 9.84 Å². The van der Waals surface area contributed by atoms with Gasteiger partial charge < -0.3 is 0 Å². The van der Waals surface area contributed by atoms with Gasteiger partial charge in [0.15, 0.2) is 9.84 Å². The highest BCUT2D eigenvalue weighted by molar-refractivity contribution is 7.97. The van der Waals surface area contributed by atoms with Gasteiger partial charge in [-0.05, 0) is 18.6 Å². The average Bonchev–Trinajstić information content (AvgIpc) is 1.82. The molecule has 0 amide bonds. The molecule has 1 rings (SSSR count). The Balaban J connectivity index is 3.21. The molecule has 0 bridgehead atoms. The van der Waals surface area contributed by atoms with Gasteiger partial charge in [0, 0.05) is 10.8 Å². The minimum absolute atomic E-state index is 0.546. The first-order valence-corrected chi connectivity index (χ1v) is 3.68. The third kappa shape index (κ3) is 0.980. The van der Waals surface area contributed by atoms with Crippen molar-refractivity contribution >= 4 is 9.84 Å². The molecule has 0 spiro atoms. The van der Waals surface area contributed by atoms with Crippen molar-refractivity contribution in [3.05, 3.63) is 29.4 Å². The third-order valence-corrected chi connectivity index (χ3v) is 1.93. The first-order valence-electron chi connectivity index (χ1n) is 2.07. The Labute approximate surface area is 48.4 Å². The van der Waals surface area contributed by atoms with Crippen LogP contribution in [0.1, 0.15) is 0 Å². The Morgan fingerprint density at radius 2 is 2.12 bits per heavy atom. The highest BCUT2D eigenvalue weighted by Crippen LogP contribution is 2.10. The molecule has 0 saturated heterocycles. The Morgan fingerprint density at radius 3 is 2.25 bits per heavy atom. The molecule has 1 aliphatic rings. The minimum Gasteiger partial charge on any atom is -0.220 e. The largest absolute Gasteiger partial charge is 0.220 e. The van der Waals surface area contributed by atoms with Crippen LogP contribution < -0.4 is 0 Å². The van der Waals surface area contributed by atoms with Crippen LogP contribution in [-0.4, -0.2) is 8.42 Å². The second-order valence-corrected chi connectivity index (χ2v) is 3.27. The van der Waals surface area contributed by atoms with E-state index in [2.05, 4.69) is 6.92 Å². The van der Waals surface area contributed by atoms with Gasteiger partial charge in [0.05, 0.1) is 0 Å². The van der Waals surface area contributed by atoms with Gasteiger partial charge in [0.1, 0.15) is 0 Å². The average molecular weight is 129 g/mol. The third-order valence-electron chi connectivity index (χ3n) is 0.787. The van der Waals surface area contributed by atoms with E-state index >= 15 is 0 Å². The Bertz CT molecular complexity index is 244. The molecule has 0 unspecified atom stereocenters. The molecule has 0 saturated carbocycles. The lowest BCUT2D eigenvalue weighted by Crippen LogP contribution is -1.81. The van der Waals surface area contributed by atoms with Crippen molar-refractivity contribution in [3.63, 3.8) is 0 Å². The lowest BCUT2D eigenvalue weighted by atomic mass is 10.4. The van der Waals surface area contributed by atoms with Crippen molar-refractivity contribution in [3.8, 4) is 0 Å². The van der Waals surface area contributed by atoms with Crippen LogP contribution in [0, 0.1) is 6.92 Å². The van der Waals surface area contributed by atoms with Crippen molar-refractivity contribution < 1.29 is 8.42 Å². The van der Waals surface area contributed by atoms with Crippen LogP contribution in [0.4, 0.5) is 0 Å². The second-order valence-electron chi connectivity index (χ2n) is 1.58. The topological polar surface area (TPSA) is 34.1 Å². The predicted octanol–water partition coefficient (Wildman–Crippen LogP) is 0.646. The molecule has 0 aliphatic carbocycles. The number of hydrogen-bond donors (Lipinski definition) is 0. The van der Waals surface area contributed by atoms with Crippen molar-refractivity contribution in [2.24, 2.45) is 0 Å². The summed E-state index contributed by atoms with van der Waals surface area (Å²) in [5.41, 5.74) is 0.546. The van der Waals surface area contributed by atoms with E-state index in [4.69, 9.17) is 0 Å². The highest BCUT2D eigenvalue weighted by atomic mass is 32.2. The predicted molar refractivity (Wildman–Crippen MR) is 31.5 cm³/mol. The molecule has 1 radical (unpaired) electrons. The molecule has 0 fully saturated rings. The molecular weight excluding hydrogens is 124 g/mol. The van der Waals surface area contributed by atoms with Crippen LogP contribution in [0.3, 0.4) is 0 Å². The van der Waals surface area contributed by atoms with Crippen molar-refractivity contribution in [2.45, 2.75) is 0 Å². The fraction of sp³-hybridized carbons (Fsp3) is 0. The van der Waals surface area contributed by atoms with Gasteiger partial charge in [-0.25, -0.2) is 8.42 Å². The maximum absolute atomic E-state index is 10.4. The van der Waals surface area contributed by atoms with E-state index < -0.39 is 9.84 Å². The van der Waals surface area contributed by atoms with Crippen molar-refractivity contribution in [1.82, 2.24) is 0 Å². The summed E-state index contributed by atoms with van der Waals surface area (Å²) in [6.07, 6.45) is 1.47. The van der Waals surface area contributed by atoms with Crippen molar-refractivity contribution in [1.29, 1.82) is 0 Å². The van der Waals surface area contributed by atoms with Gasteiger partial charge in [-0.3, -0.25) is 0 Å². The fourth-order valence-corrected chi connectivity index (χ4v) is 1.42. The van der Waals surface area contributed by atoms with Gasteiger partial charge in [0.2, 0.25) is 0 Å². The van der Waals surface area contributed by atoms with E-state index in [-0.39, 0.29) is 0 Å². The van der Waals surface area contributed by atoms with Gasteiger partial charge in [-0.1, -0.05) is 0 Å². The summed E-state index contributed by atoms with van der Waals surface area (Å²) < 4.78 is 20.9. The first kappa shape index (κ1) is 5.56. The monoisotopic (exact) mass is 129 g/mol. The molecule has 1 heterocycles. The lowest BCUT2D eigenvalue weighted by molar-refractivity contribution is 0.613. The number of hydrogen-bond acceptors (Lipinski definition) is 2. The Kier molecular flexibility index (Phi) is 1.01. The van der Waals surface area contributed by atoms with Gasteiger partial charge in [0.25, 0.3) is 0 Å². The molecule has 0 N–H and O–H groups in total. The van der Waals surface area contributed by atoms with Crippen LogP contribution in [0.2, 0.25) is 0 Å². The van der Waals surface area contributed by atoms with Crippen molar-refractivity contribution in [2.75, 3.05) is 0 Å². The van der Waals surface area contributed by atoms with E-state index in [0.717, 1.165) is 10.8 Å². The summed E-state index contributed by atoms with van der Waals surface area (Å²) in [4.78, 5) is 0. The summed E-state index contributed by atoms with van der Waals surface area (Å²) in [6.45, 7) is 3.43. The van der Waals surface area contributed by atoms with Crippen LogP contribution in [0.15, 0.2) is 22.5 Å². The maximum atomic E-state index is 10.4. The molecule has 43 valence electrons. The summed E-state index contributed by atoms with van der Waals surface area (Å²) in [7, 11) is -3.00. The second kappa shape index (κ2) is 1.45. The van der Waals surface area contributed by atoms with Crippen LogP contribution in [0.25, 0.3) is 0 Å². The Hall–Kier alpha value is -0.570. The zero-order chi connectivity index (χ0) is 6.20. The Morgan fingerprint density at radius 1 is 1.50 bits per heavy atom. The number of allylic oxidation sites excluding steroid dienone is 2. The molecule has 0 aromatic carbocycles. The number of sulfone groups is 1. The standard InChI is InChI=1S/C5H5O2S/c1-5-2-3-8(6,7)4-5/h2-4H,1H2. The lowest BCUT2D eigenvalue weighted by Gasteiger charge is -1.76. The van der Waals surface area contributed by atoms with Gasteiger partial charge in [-0.15, -0.1) is 0 Å². The first-order chi connectivity index (χ1) is 3.60.